The highest BCUT2D eigenvalue weighted by Crippen LogP contribution is 2.04. The lowest BCUT2D eigenvalue weighted by Crippen LogP contribution is -2.31. The first-order valence-corrected chi connectivity index (χ1v) is 5.36. The molecular formula is C12H18N2O2. The maximum absolute atomic E-state index is 10.8. The fourth-order valence-electron chi connectivity index (χ4n) is 1.33. The quantitative estimate of drug-likeness (QED) is 0.789. The number of hydrogen-bond donors (Lipinski definition) is 2. The maximum atomic E-state index is 10.8. The van der Waals surface area contributed by atoms with Gasteiger partial charge in [0.15, 0.2) is 0 Å². The van der Waals surface area contributed by atoms with Crippen LogP contribution in [0.25, 0.3) is 0 Å². The molecule has 0 bridgehead atoms. The second kappa shape index (κ2) is 6.85. The highest BCUT2D eigenvalue weighted by molar-refractivity contribution is 5.66. The third-order valence-electron chi connectivity index (χ3n) is 2.28. The van der Waals surface area contributed by atoms with E-state index in [4.69, 9.17) is 10.5 Å². The summed E-state index contributed by atoms with van der Waals surface area (Å²) < 4.78 is 4.87. The summed E-state index contributed by atoms with van der Waals surface area (Å²) >= 11 is 0. The summed E-state index contributed by atoms with van der Waals surface area (Å²) in [5.41, 5.74) is 7.07. The number of carbonyl (C=O) groups is 1. The van der Waals surface area contributed by atoms with Crippen LogP contribution in [0.15, 0.2) is 30.3 Å². The van der Waals surface area contributed by atoms with Gasteiger partial charge in [-0.05, 0) is 18.4 Å². The minimum atomic E-state index is -0.435. The molecule has 1 aromatic carbocycles. The molecule has 1 atom stereocenters. The fraction of sp³-hybridized carbons (Fsp3) is 0.417. The van der Waals surface area contributed by atoms with Crippen LogP contribution >= 0.6 is 0 Å². The summed E-state index contributed by atoms with van der Waals surface area (Å²) in [7, 11) is 1.53. The lowest BCUT2D eigenvalue weighted by molar-refractivity contribution is 0.140. The molecule has 0 heterocycles. The van der Waals surface area contributed by atoms with Crippen LogP contribution in [0.2, 0.25) is 0 Å². The van der Waals surface area contributed by atoms with Crippen LogP contribution in [-0.4, -0.2) is 25.8 Å². The van der Waals surface area contributed by atoms with E-state index < -0.39 is 6.09 Å². The first kappa shape index (κ1) is 12.5. The van der Waals surface area contributed by atoms with E-state index in [9.17, 15) is 4.79 Å². The number of nitrogens with two attached hydrogens (primary N) is 1. The van der Waals surface area contributed by atoms with Gasteiger partial charge in [0.2, 0.25) is 0 Å². The number of ether oxygens (including phenoxy) is 1. The highest BCUT2D eigenvalue weighted by Gasteiger charge is 2.06. The van der Waals surface area contributed by atoms with E-state index in [1.54, 1.807) is 0 Å². The van der Waals surface area contributed by atoms with Crippen LogP contribution in [0.3, 0.4) is 0 Å². The minimum Gasteiger partial charge on any atom is -0.448 e. The van der Waals surface area contributed by atoms with Gasteiger partial charge in [-0.15, -0.1) is 0 Å². The summed E-state index contributed by atoms with van der Waals surface area (Å²) in [4.78, 5) is 10.8. The van der Waals surface area contributed by atoms with E-state index >= 15 is 0 Å². The Morgan fingerprint density at radius 3 is 2.75 bits per heavy atom. The van der Waals surface area contributed by atoms with Crippen molar-refractivity contribution in [3.8, 4) is 0 Å². The molecule has 1 aromatic rings. The molecule has 16 heavy (non-hydrogen) atoms. The van der Waals surface area contributed by atoms with E-state index in [1.165, 1.54) is 12.6 Å². The Kier molecular flexibility index (Phi) is 5.36. The Labute approximate surface area is 95.8 Å². The van der Waals surface area contributed by atoms with Crippen molar-refractivity contribution in [1.29, 1.82) is 0 Å². The molecule has 0 aliphatic heterocycles. The first-order valence-electron chi connectivity index (χ1n) is 5.36. The molecule has 1 rings (SSSR count). The topological polar surface area (TPSA) is 64.3 Å². The molecule has 3 N–H and O–H groups in total. The fourth-order valence-corrected chi connectivity index (χ4v) is 1.33. The van der Waals surface area contributed by atoms with Gasteiger partial charge in [-0.2, -0.15) is 0 Å². The van der Waals surface area contributed by atoms with Gasteiger partial charge in [-0.3, -0.25) is 0 Å². The average Bonchev–Trinajstić information content (AvgIpc) is 2.34. The molecule has 4 heteroatoms. The largest absolute Gasteiger partial charge is 0.448 e. The zero-order chi connectivity index (χ0) is 11.8. The number of benzene rings is 1. The van der Waals surface area contributed by atoms with Gasteiger partial charge in [0.05, 0.1) is 0 Å². The summed E-state index contributed by atoms with van der Waals surface area (Å²) in [5, 5.41) is 2.38. The summed E-state index contributed by atoms with van der Waals surface area (Å²) in [6.45, 7) is 0.256. The van der Waals surface area contributed by atoms with Crippen LogP contribution in [0.1, 0.15) is 12.0 Å². The third-order valence-corrected chi connectivity index (χ3v) is 2.28. The maximum Gasteiger partial charge on any atom is 0.406 e. The van der Waals surface area contributed by atoms with Crippen molar-refractivity contribution in [2.45, 2.75) is 18.9 Å². The molecule has 1 amide bonds. The molecule has 0 aromatic heterocycles. The van der Waals surface area contributed by atoms with Gasteiger partial charge in [0.25, 0.3) is 0 Å². The van der Waals surface area contributed by atoms with Gasteiger partial charge in [0, 0.05) is 13.1 Å². The normalized spacial score (nSPS) is 11.9. The molecule has 0 radical (unpaired) electrons. The van der Waals surface area contributed by atoms with Crippen LogP contribution in [0, 0.1) is 0 Å². The Balaban J connectivity index is 2.20. The molecule has 0 aliphatic rings. The second-order valence-electron chi connectivity index (χ2n) is 3.63. The highest BCUT2D eigenvalue weighted by atomic mass is 16.5. The second-order valence-corrected chi connectivity index (χ2v) is 3.63. The number of rotatable bonds is 5. The number of nitrogens with one attached hydrogen (secondary N) is 1. The van der Waals surface area contributed by atoms with Gasteiger partial charge < -0.3 is 15.8 Å². The number of amides is 1. The van der Waals surface area contributed by atoms with Crippen molar-refractivity contribution >= 4 is 6.09 Å². The zero-order valence-electron chi connectivity index (χ0n) is 9.48. The van der Waals surface area contributed by atoms with Crippen molar-refractivity contribution < 1.29 is 9.53 Å². The third kappa shape index (κ3) is 4.79. The molecule has 4 nitrogen and oxygen atoms in total. The standard InChI is InChI=1S/C12H18N2O2/c1-14-12(15)16-9-11(13)8-7-10-5-3-2-4-6-10/h2-6,11H,7-9,13H2,1H3,(H,14,15)/t11-/m0/s1. The summed E-state index contributed by atoms with van der Waals surface area (Å²) in [6, 6.07) is 10.00. The smallest absolute Gasteiger partial charge is 0.406 e. The van der Waals surface area contributed by atoms with Crippen molar-refractivity contribution in [2.24, 2.45) is 5.73 Å². The molecule has 88 valence electrons. The lowest BCUT2D eigenvalue weighted by Gasteiger charge is -2.11. The molecule has 0 spiro atoms. The molecular weight excluding hydrogens is 204 g/mol. The lowest BCUT2D eigenvalue weighted by atomic mass is 10.1. The summed E-state index contributed by atoms with van der Waals surface area (Å²) in [6.07, 6.45) is 1.27. The number of aryl methyl sites for hydroxylation is 1. The average molecular weight is 222 g/mol. The van der Waals surface area contributed by atoms with E-state index in [2.05, 4.69) is 17.4 Å². The Morgan fingerprint density at radius 2 is 2.12 bits per heavy atom. The van der Waals surface area contributed by atoms with Gasteiger partial charge in [-0.1, -0.05) is 30.3 Å². The number of hydrogen-bond acceptors (Lipinski definition) is 3. The molecule has 0 fully saturated rings. The summed E-state index contributed by atoms with van der Waals surface area (Å²) in [5.74, 6) is 0. The number of alkyl carbamates (subject to hydrolysis) is 1. The minimum absolute atomic E-state index is 0.113. The predicted octanol–water partition coefficient (Wildman–Crippen LogP) is 1.30. The van der Waals surface area contributed by atoms with Crippen LogP contribution in [0.5, 0.6) is 0 Å². The zero-order valence-corrected chi connectivity index (χ0v) is 9.48. The molecule has 0 unspecified atom stereocenters. The predicted molar refractivity (Wildman–Crippen MR) is 63.1 cm³/mol. The number of carbonyl (C=O) groups excluding carboxylic acids is 1. The van der Waals surface area contributed by atoms with Gasteiger partial charge in [0.1, 0.15) is 6.61 Å². The van der Waals surface area contributed by atoms with Crippen LogP contribution in [0.4, 0.5) is 4.79 Å². The Bertz CT molecular complexity index is 314. The van der Waals surface area contributed by atoms with Crippen LogP contribution in [-0.2, 0) is 11.2 Å². The van der Waals surface area contributed by atoms with Gasteiger partial charge >= 0.3 is 6.09 Å². The molecule has 0 aliphatic carbocycles. The Morgan fingerprint density at radius 1 is 1.44 bits per heavy atom. The van der Waals surface area contributed by atoms with E-state index in [0.29, 0.717) is 0 Å². The van der Waals surface area contributed by atoms with Crippen molar-refractivity contribution in [1.82, 2.24) is 5.32 Å². The molecule has 0 saturated heterocycles. The van der Waals surface area contributed by atoms with Crippen molar-refractivity contribution in [3.63, 3.8) is 0 Å². The van der Waals surface area contributed by atoms with E-state index in [0.717, 1.165) is 12.8 Å². The van der Waals surface area contributed by atoms with E-state index in [1.807, 2.05) is 18.2 Å². The SMILES string of the molecule is CNC(=O)OC[C@@H](N)CCc1ccccc1. The van der Waals surface area contributed by atoms with E-state index in [-0.39, 0.29) is 12.6 Å². The van der Waals surface area contributed by atoms with Crippen molar-refractivity contribution in [3.05, 3.63) is 35.9 Å². The Hall–Kier alpha value is -1.55. The van der Waals surface area contributed by atoms with Gasteiger partial charge in [-0.25, -0.2) is 4.79 Å². The monoisotopic (exact) mass is 222 g/mol. The molecule has 0 saturated carbocycles. The van der Waals surface area contributed by atoms with Crippen LogP contribution < -0.4 is 11.1 Å². The van der Waals surface area contributed by atoms with Crippen molar-refractivity contribution in [2.75, 3.05) is 13.7 Å². The first-order chi connectivity index (χ1) is 7.72.